The van der Waals surface area contributed by atoms with Gasteiger partial charge in [0.15, 0.2) is 0 Å². The molecule has 2 atom stereocenters. The van der Waals surface area contributed by atoms with Gasteiger partial charge in [-0.15, -0.1) is 0 Å². The maximum absolute atomic E-state index is 12.0. The maximum atomic E-state index is 12.0. The number of nitrogens with one attached hydrogen (secondary N) is 1. The first-order valence-corrected chi connectivity index (χ1v) is 6.33. The molecular weight excluding hydrogens is 212 g/mol. The zero-order valence-electron chi connectivity index (χ0n) is 10.1. The third-order valence-corrected chi connectivity index (χ3v) is 3.61. The average Bonchev–Trinajstić information content (AvgIpc) is 2.85. The monoisotopic (exact) mass is 232 g/mol. The normalized spacial score (nSPS) is 23.6. The topological polar surface area (TPSA) is 55.1 Å². The Kier molecular flexibility index (Phi) is 4.15. The van der Waals surface area contributed by atoms with Crippen LogP contribution in [-0.4, -0.2) is 12.5 Å². The zero-order valence-corrected chi connectivity index (χ0v) is 10.1. The average molecular weight is 232 g/mol. The largest absolute Gasteiger partial charge is 0.352 e. The van der Waals surface area contributed by atoms with E-state index in [4.69, 9.17) is 5.73 Å². The van der Waals surface area contributed by atoms with Crippen molar-refractivity contribution in [1.29, 1.82) is 0 Å². The van der Waals surface area contributed by atoms with Crippen molar-refractivity contribution in [3.63, 3.8) is 0 Å². The Hall–Kier alpha value is -1.35. The number of hydrogen-bond acceptors (Lipinski definition) is 2. The summed E-state index contributed by atoms with van der Waals surface area (Å²) in [4.78, 5) is 12.0. The molecular formula is C14H20N2O. The van der Waals surface area contributed by atoms with Gasteiger partial charge in [-0.1, -0.05) is 36.8 Å². The summed E-state index contributed by atoms with van der Waals surface area (Å²) in [6, 6.07) is 10.00. The van der Waals surface area contributed by atoms with Gasteiger partial charge >= 0.3 is 0 Å². The van der Waals surface area contributed by atoms with Crippen molar-refractivity contribution in [2.45, 2.75) is 25.8 Å². The van der Waals surface area contributed by atoms with Crippen molar-refractivity contribution in [1.82, 2.24) is 5.32 Å². The zero-order chi connectivity index (χ0) is 12.1. The van der Waals surface area contributed by atoms with Crippen molar-refractivity contribution in [2.24, 2.45) is 17.6 Å². The van der Waals surface area contributed by atoms with Crippen molar-refractivity contribution >= 4 is 5.91 Å². The second kappa shape index (κ2) is 5.82. The Morgan fingerprint density at radius 2 is 2.06 bits per heavy atom. The Labute approximate surface area is 102 Å². The van der Waals surface area contributed by atoms with E-state index in [1.807, 2.05) is 30.3 Å². The molecule has 1 fully saturated rings. The molecule has 17 heavy (non-hydrogen) atoms. The Morgan fingerprint density at radius 1 is 1.29 bits per heavy atom. The van der Waals surface area contributed by atoms with Crippen LogP contribution >= 0.6 is 0 Å². The first-order valence-electron chi connectivity index (χ1n) is 6.33. The van der Waals surface area contributed by atoms with Gasteiger partial charge in [0.2, 0.25) is 5.91 Å². The molecule has 0 unspecified atom stereocenters. The van der Waals surface area contributed by atoms with Crippen LogP contribution in [0.3, 0.4) is 0 Å². The smallest absolute Gasteiger partial charge is 0.223 e. The number of amides is 1. The van der Waals surface area contributed by atoms with Gasteiger partial charge in [-0.2, -0.15) is 0 Å². The predicted molar refractivity (Wildman–Crippen MR) is 68.2 cm³/mol. The Balaban J connectivity index is 1.85. The summed E-state index contributed by atoms with van der Waals surface area (Å²) >= 11 is 0. The Bertz CT molecular complexity index is 364. The van der Waals surface area contributed by atoms with E-state index < -0.39 is 0 Å². The van der Waals surface area contributed by atoms with Crippen molar-refractivity contribution in [2.75, 3.05) is 6.54 Å². The van der Waals surface area contributed by atoms with E-state index in [9.17, 15) is 4.79 Å². The number of rotatable bonds is 4. The van der Waals surface area contributed by atoms with Crippen LogP contribution in [0.15, 0.2) is 30.3 Å². The lowest BCUT2D eigenvalue weighted by atomic mass is 9.95. The fourth-order valence-corrected chi connectivity index (χ4v) is 2.58. The van der Waals surface area contributed by atoms with Gasteiger partial charge in [-0.25, -0.2) is 0 Å². The van der Waals surface area contributed by atoms with Crippen LogP contribution in [0.1, 0.15) is 24.8 Å². The number of carbonyl (C=O) groups excluding carboxylic acids is 1. The summed E-state index contributed by atoms with van der Waals surface area (Å²) in [5.74, 6) is 0.677. The summed E-state index contributed by atoms with van der Waals surface area (Å²) in [5.41, 5.74) is 6.83. The lowest BCUT2D eigenvalue weighted by Gasteiger charge is -2.17. The third-order valence-electron chi connectivity index (χ3n) is 3.61. The molecule has 1 aromatic rings. The van der Waals surface area contributed by atoms with E-state index in [2.05, 4.69) is 5.32 Å². The minimum absolute atomic E-state index is 0.128. The van der Waals surface area contributed by atoms with Gasteiger partial charge in [-0.05, 0) is 30.9 Å². The standard InChI is InChI=1S/C14H20N2O/c15-9-12-7-4-8-13(12)14(17)16-10-11-5-2-1-3-6-11/h1-3,5-6,12-13H,4,7-10,15H2,(H,16,17)/t12-,13-/m1/s1. The second-order valence-electron chi connectivity index (χ2n) is 4.74. The van der Waals surface area contributed by atoms with Crippen molar-refractivity contribution in [3.05, 3.63) is 35.9 Å². The molecule has 1 aliphatic rings. The van der Waals surface area contributed by atoms with Crippen molar-refractivity contribution < 1.29 is 4.79 Å². The highest BCUT2D eigenvalue weighted by atomic mass is 16.1. The van der Waals surface area contributed by atoms with Crippen molar-refractivity contribution in [3.8, 4) is 0 Å². The number of carbonyl (C=O) groups is 1. The van der Waals surface area contributed by atoms with E-state index in [0.717, 1.165) is 24.8 Å². The number of benzene rings is 1. The molecule has 1 aliphatic carbocycles. The molecule has 3 nitrogen and oxygen atoms in total. The predicted octanol–water partition coefficient (Wildman–Crippen LogP) is 1.68. The fourth-order valence-electron chi connectivity index (χ4n) is 2.58. The minimum atomic E-state index is 0.128. The molecule has 0 aromatic heterocycles. The number of hydrogen-bond donors (Lipinski definition) is 2. The summed E-state index contributed by atoms with van der Waals surface area (Å²) < 4.78 is 0. The van der Waals surface area contributed by atoms with Gasteiger partial charge in [0.1, 0.15) is 0 Å². The summed E-state index contributed by atoms with van der Waals surface area (Å²) in [6.45, 7) is 1.25. The fraction of sp³-hybridized carbons (Fsp3) is 0.500. The van der Waals surface area contributed by atoms with E-state index in [-0.39, 0.29) is 11.8 Å². The molecule has 0 heterocycles. The molecule has 1 amide bonds. The summed E-state index contributed by atoms with van der Waals surface area (Å²) in [5, 5.41) is 3.01. The lowest BCUT2D eigenvalue weighted by molar-refractivity contribution is -0.126. The van der Waals surface area contributed by atoms with E-state index >= 15 is 0 Å². The Morgan fingerprint density at radius 3 is 2.76 bits per heavy atom. The maximum Gasteiger partial charge on any atom is 0.223 e. The van der Waals surface area contributed by atoms with E-state index in [1.54, 1.807) is 0 Å². The van der Waals surface area contributed by atoms with Crippen LogP contribution in [0.2, 0.25) is 0 Å². The van der Waals surface area contributed by atoms with Crippen LogP contribution < -0.4 is 11.1 Å². The molecule has 0 spiro atoms. The molecule has 1 aromatic carbocycles. The molecule has 1 saturated carbocycles. The highest BCUT2D eigenvalue weighted by Gasteiger charge is 2.31. The SMILES string of the molecule is NC[C@H]1CCC[C@H]1C(=O)NCc1ccccc1. The van der Waals surface area contributed by atoms with Gasteiger partial charge < -0.3 is 11.1 Å². The molecule has 0 saturated heterocycles. The number of nitrogens with two attached hydrogens (primary N) is 1. The molecule has 92 valence electrons. The quantitative estimate of drug-likeness (QED) is 0.829. The van der Waals surface area contributed by atoms with E-state index in [1.165, 1.54) is 0 Å². The van der Waals surface area contributed by atoms with Crippen LogP contribution in [-0.2, 0) is 11.3 Å². The van der Waals surface area contributed by atoms with Gasteiger partial charge in [-0.3, -0.25) is 4.79 Å². The van der Waals surface area contributed by atoms with Crippen LogP contribution in [0.25, 0.3) is 0 Å². The summed E-state index contributed by atoms with van der Waals surface area (Å²) in [7, 11) is 0. The van der Waals surface area contributed by atoms with Gasteiger partial charge in [0, 0.05) is 12.5 Å². The molecule has 3 heteroatoms. The van der Waals surface area contributed by atoms with Crippen LogP contribution in [0.4, 0.5) is 0 Å². The second-order valence-corrected chi connectivity index (χ2v) is 4.74. The van der Waals surface area contributed by atoms with E-state index in [0.29, 0.717) is 19.0 Å². The molecule has 2 rings (SSSR count). The van der Waals surface area contributed by atoms with Gasteiger partial charge in [0.05, 0.1) is 0 Å². The highest BCUT2D eigenvalue weighted by Crippen LogP contribution is 2.30. The molecule has 0 aliphatic heterocycles. The molecule has 0 bridgehead atoms. The first-order chi connectivity index (χ1) is 8.31. The molecule has 3 N–H and O–H groups in total. The van der Waals surface area contributed by atoms with Gasteiger partial charge in [0.25, 0.3) is 0 Å². The molecule has 0 radical (unpaired) electrons. The summed E-state index contributed by atoms with van der Waals surface area (Å²) in [6.07, 6.45) is 3.22. The van der Waals surface area contributed by atoms with Crippen LogP contribution in [0.5, 0.6) is 0 Å². The lowest BCUT2D eigenvalue weighted by Crippen LogP contribution is -2.34. The third kappa shape index (κ3) is 3.07. The first kappa shape index (κ1) is 12.1. The minimum Gasteiger partial charge on any atom is -0.352 e. The van der Waals surface area contributed by atoms with Crippen LogP contribution in [0, 0.1) is 11.8 Å². The highest BCUT2D eigenvalue weighted by molar-refractivity contribution is 5.79.